The first kappa shape index (κ1) is 15.5. The molecule has 1 N–H and O–H groups in total. The number of amides is 1. The third kappa shape index (κ3) is 3.52. The second-order valence-corrected chi connectivity index (χ2v) is 6.40. The molecule has 1 aromatic heterocycles. The third-order valence-electron chi connectivity index (χ3n) is 4.59. The average molecular weight is 310 g/mol. The highest BCUT2D eigenvalue weighted by Crippen LogP contribution is 2.36. The van der Waals surface area contributed by atoms with Gasteiger partial charge in [-0.25, -0.2) is 0 Å². The summed E-state index contributed by atoms with van der Waals surface area (Å²) in [7, 11) is 0. The Labute approximate surface area is 136 Å². The Morgan fingerprint density at radius 3 is 2.61 bits per heavy atom. The lowest BCUT2D eigenvalue weighted by Crippen LogP contribution is -2.39. The Hall–Kier alpha value is -2.36. The van der Waals surface area contributed by atoms with Crippen molar-refractivity contribution in [2.24, 2.45) is 5.92 Å². The molecule has 1 amide bonds. The number of aryl methyl sites for hydroxylation is 1. The van der Waals surface area contributed by atoms with E-state index in [-0.39, 0.29) is 17.5 Å². The number of benzene rings is 1. The van der Waals surface area contributed by atoms with Crippen molar-refractivity contribution >= 4 is 5.91 Å². The van der Waals surface area contributed by atoms with Crippen LogP contribution in [0, 0.1) is 12.8 Å². The molecule has 0 radical (unpaired) electrons. The second-order valence-electron chi connectivity index (χ2n) is 6.40. The van der Waals surface area contributed by atoms with Gasteiger partial charge in [-0.15, -0.1) is 0 Å². The average Bonchev–Trinajstić information content (AvgIpc) is 3.40. The molecule has 0 saturated heterocycles. The van der Waals surface area contributed by atoms with Crippen LogP contribution in [0.1, 0.15) is 41.3 Å². The summed E-state index contributed by atoms with van der Waals surface area (Å²) in [5, 5.41) is 0. The van der Waals surface area contributed by atoms with Gasteiger partial charge in [-0.05, 0) is 44.2 Å². The van der Waals surface area contributed by atoms with Crippen LogP contribution in [-0.4, -0.2) is 21.8 Å². The molecule has 1 unspecified atom stereocenters. The fraction of sp³-hybridized carbons (Fsp3) is 0.368. The number of nitrogens with zero attached hydrogens (tertiary/aromatic N) is 1. The second kappa shape index (κ2) is 6.41. The minimum absolute atomic E-state index is 0.0207. The van der Waals surface area contributed by atoms with Crippen LogP contribution in [0.2, 0.25) is 0 Å². The zero-order valence-corrected chi connectivity index (χ0v) is 13.6. The van der Waals surface area contributed by atoms with E-state index in [9.17, 15) is 9.59 Å². The van der Waals surface area contributed by atoms with Crippen LogP contribution in [0.3, 0.4) is 0 Å². The van der Waals surface area contributed by atoms with Gasteiger partial charge in [0.05, 0.1) is 5.56 Å². The van der Waals surface area contributed by atoms with Gasteiger partial charge in [0.15, 0.2) is 0 Å². The van der Waals surface area contributed by atoms with E-state index in [4.69, 9.17) is 0 Å². The Bertz CT molecular complexity index is 747. The fourth-order valence-electron chi connectivity index (χ4n) is 2.90. The molecule has 0 aliphatic heterocycles. The van der Waals surface area contributed by atoms with Crippen molar-refractivity contribution in [2.75, 3.05) is 0 Å². The van der Waals surface area contributed by atoms with Crippen LogP contribution < -0.4 is 5.56 Å². The quantitative estimate of drug-likeness (QED) is 0.922. The lowest BCUT2D eigenvalue weighted by Gasteiger charge is -2.30. The smallest absolute Gasteiger partial charge is 0.255 e. The molecule has 1 saturated carbocycles. The monoisotopic (exact) mass is 310 g/mol. The first-order chi connectivity index (χ1) is 11.1. The summed E-state index contributed by atoms with van der Waals surface area (Å²) < 4.78 is 0. The number of hydrogen-bond acceptors (Lipinski definition) is 2. The van der Waals surface area contributed by atoms with E-state index < -0.39 is 0 Å². The van der Waals surface area contributed by atoms with Crippen LogP contribution in [0.5, 0.6) is 0 Å². The maximum absolute atomic E-state index is 13.0. The number of carbonyl (C=O) groups is 1. The van der Waals surface area contributed by atoms with E-state index >= 15 is 0 Å². The number of rotatable bonds is 5. The zero-order chi connectivity index (χ0) is 16.4. The molecule has 23 heavy (non-hydrogen) atoms. The van der Waals surface area contributed by atoms with Gasteiger partial charge in [0, 0.05) is 24.3 Å². The lowest BCUT2D eigenvalue weighted by atomic mass is 10.1. The van der Waals surface area contributed by atoms with E-state index in [1.54, 1.807) is 13.0 Å². The maximum Gasteiger partial charge on any atom is 0.255 e. The standard InChI is InChI=1S/C19H22N2O2/c1-13-10-17(11-20-18(13)22)19(23)21(14(2)16-8-9-16)12-15-6-4-3-5-7-15/h3-7,10-11,14,16H,8-9,12H2,1-2H3,(H,20,22). The van der Waals surface area contributed by atoms with E-state index in [1.807, 2.05) is 35.2 Å². The molecule has 120 valence electrons. The molecule has 4 heteroatoms. The third-order valence-corrected chi connectivity index (χ3v) is 4.59. The molecule has 2 aromatic rings. The van der Waals surface area contributed by atoms with Crippen molar-refractivity contribution in [2.45, 2.75) is 39.3 Å². The first-order valence-electron chi connectivity index (χ1n) is 8.10. The van der Waals surface area contributed by atoms with Crippen LogP contribution in [0.4, 0.5) is 0 Å². The zero-order valence-electron chi connectivity index (χ0n) is 13.6. The van der Waals surface area contributed by atoms with Crippen molar-refractivity contribution in [1.82, 2.24) is 9.88 Å². The largest absolute Gasteiger partial charge is 0.331 e. The predicted molar refractivity (Wildman–Crippen MR) is 90.3 cm³/mol. The summed E-state index contributed by atoms with van der Waals surface area (Å²) in [6, 6.07) is 11.9. The molecule has 1 atom stereocenters. The Kier molecular flexibility index (Phi) is 4.33. The van der Waals surface area contributed by atoms with E-state index in [1.165, 1.54) is 19.0 Å². The lowest BCUT2D eigenvalue weighted by molar-refractivity contribution is 0.0653. The van der Waals surface area contributed by atoms with Gasteiger partial charge in [-0.1, -0.05) is 30.3 Å². The topological polar surface area (TPSA) is 53.2 Å². The fourth-order valence-corrected chi connectivity index (χ4v) is 2.90. The van der Waals surface area contributed by atoms with Gasteiger partial charge >= 0.3 is 0 Å². The molecule has 0 bridgehead atoms. The number of pyridine rings is 1. The van der Waals surface area contributed by atoms with Gasteiger partial charge in [0.25, 0.3) is 11.5 Å². The van der Waals surface area contributed by atoms with Crippen LogP contribution in [0.25, 0.3) is 0 Å². The molecule has 0 spiro atoms. The summed E-state index contributed by atoms with van der Waals surface area (Å²) in [6.45, 7) is 4.44. The van der Waals surface area contributed by atoms with Crippen LogP contribution in [-0.2, 0) is 6.54 Å². The number of aromatic nitrogens is 1. The molecule has 1 fully saturated rings. The Morgan fingerprint density at radius 1 is 1.30 bits per heavy atom. The van der Waals surface area contributed by atoms with Crippen molar-refractivity contribution < 1.29 is 4.79 Å². The highest BCUT2D eigenvalue weighted by atomic mass is 16.2. The summed E-state index contributed by atoms with van der Waals surface area (Å²) in [5.74, 6) is 0.569. The van der Waals surface area contributed by atoms with Gasteiger partial charge < -0.3 is 9.88 Å². The number of H-pyrrole nitrogens is 1. The molecule has 1 aliphatic carbocycles. The van der Waals surface area contributed by atoms with Gasteiger partial charge in [-0.3, -0.25) is 9.59 Å². The highest BCUT2D eigenvalue weighted by Gasteiger charge is 2.34. The number of nitrogens with one attached hydrogen (secondary N) is 1. The summed E-state index contributed by atoms with van der Waals surface area (Å²) >= 11 is 0. The summed E-state index contributed by atoms with van der Waals surface area (Å²) in [4.78, 5) is 29.1. The molecular formula is C19H22N2O2. The normalized spacial score (nSPS) is 15.2. The first-order valence-corrected chi connectivity index (χ1v) is 8.10. The molecule has 3 rings (SSSR count). The van der Waals surface area contributed by atoms with E-state index in [0.717, 1.165) is 5.56 Å². The van der Waals surface area contributed by atoms with Crippen molar-refractivity contribution in [3.05, 3.63) is 69.6 Å². The molecular weight excluding hydrogens is 288 g/mol. The summed E-state index contributed by atoms with van der Waals surface area (Å²) in [5.41, 5.74) is 2.08. The molecule has 1 aliphatic rings. The van der Waals surface area contributed by atoms with E-state index in [0.29, 0.717) is 23.6 Å². The van der Waals surface area contributed by atoms with E-state index in [2.05, 4.69) is 11.9 Å². The molecule has 4 nitrogen and oxygen atoms in total. The van der Waals surface area contributed by atoms with Gasteiger partial charge in [0.2, 0.25) is 0 Å². The number of hydrogen-bond donors (Lipinski definition) is 1. The Balaban J connectivity index is 1.88. The van der Waals surface area contributed by atoms with Gasteiger partial charge in [0.1, 0.15) is 0 Å². The highest BCUT2D eigenvalue weighted by molar-refractivity contribution is 5.94. The molecule has 1 aromatic carbocycles. The predicted octanol–water partition coefficient (Wildman–Crippen LogP) is 3.12. The summed E-state index contributed by atoms with van der Waals surface area (Å²) in [6.07, 6.45) is 3.89. The minimum Gasteiger partial charge on any atom is -0.331 e. The van der Waals surface area contributed by atoms with Crippen molar-refractivity contribution in [1.29, 1.82) is 0 Å². The van der Waals surface area contributed by atoms with Crippen molar-refractivity contribution in [3.8, 4) is 0 Å². The molecule has 1 heterocycles. The van der Waals surface area contributed by atoms with Crippen LogP contribution >= 0.6 is 0 Å². The number of carbonyl (C=O) groups excluding carboxylic acids is 1. The maximum atomic E-state index is 13.0. The van der Waals surface area contributed by atoms with Crippen LogP contribution in [0.15, 0.2) is 47.4 Å². The van der Waals surface area contributed by atoms with Crippen molar-refractivity contribution in [3.63, 3.8) is 0 Å². The SMILES string of the molecule is Cc1cc(C(=O)N(Cc2ccccc2)C(C)C2CC2)c[nH]c1=O. The number of aromatic amines is 1. The Morgan fingerprint density at radius 2 is 2.00 bits per heavy atom. The minimum atomic E-state index is -0.147. The van der Waals surface area contributed by atoms with Gasteiger partial charge in [-0.2, -0.15) is 0 Å².